The Morgan fingerprint density at radius 3 is 2.43 bits per heavy atom. The Kier molecular flexibility index (Phi) is 13.0. The first-order chi connectivity index (χ1) is 20.6. The quantitative estimate of drug-likeness (QED) is 0.186. The van der Waals surface area contributed by atoms with Crippen molar-refractivity contribution in [1.29, 1.82) is 0 Å². The second-order valence-electron chi connectivity index (χ2n) is 13.6. The molecule has 3 rings (SSSR count). The van der Waals surface area contributed by atoms with Gasteiger partial charge in [-0.15, -0.1) is 0 Å². The van der Waals surface area contributed by atoms with Crippen molar-refractivity contribution in [1.82, 2.24) is 4.90 Å². The number of aldehydes is 1. The van der Waals surface area contributed by atoms with Crippen molar-refractivity contribution in [2.45, 2.75) is 141 Å². The Bertz CT molecular complexity index is 1010. The monoisotopic (exact) mass is 625 g/mol. The fraction of sp³-hybridized carbons (Fsp3) is 0.848. The summed E-state index contributed by atoms with van der Waals surface area (Å²) in [5, 5.41) is 22.4. The number of carbonyl (C=O) groups excluding carboxylic acids is 3. The molecule has 3 aliphatic heterocycles. The second-order valence-corrected chi connectivity index (χ2v) is 13.6. The van der Waals surface area contributed by atoms with Crippen molar-refractivity contribution in [2.24, 2.45) is 23.7 Å². The van der Waals surface area contributed by atoms with E-state index in [1.54, 1.807) is 13.0 Å². The summed E-state index contributed by atoms with van der Waals surface area (Å²) in [5.74, 6) is -2.56. The molecular formula is C33H55NO10. The van der Waals surface area contributed by atoms with Gasteiger partial charge in [0.2, 0.25) is 0 Å². The van der Waals surface area contributed by atoms with Gasteiger partial charge in [-0.3, -0.25) is 9.59 Å². The number of epoxide rings is 1. The Labute approximate surface area is 262 Å². The lowest BCUT2D eigenvalue weighted by atomic mass is 9.79. The van der Waals surface area contributed by atoms with Crippen LogP contribution in [-0.2, 0) is 38.1 Å². The van der Waals surface area contributed by atoms with E-state index in [2.05, 4.69) is 0 Å². The first-order valence-corrected chi connectivity index (χ1v) is 16.1. The van der Waals surface area contributed by atoms with Crippen LogP contribution in [0.2, 0.25) is 0 Å². The van der Waals surface area contributed by atoms with Crippen molar-refractivity contribution in [3.63, 3.8) is 0 Å². The maximum absolute atomic E-state index is 13.4. The maximum atomic E-state index is 13.4. The SMILES string of the molecule is CC[C@H]1OC(=O)C[C@@H](OC(C)=O)[C@@H](C)[C@@H](O[C@@H]2O[C@H](C)C[C@@H](N(C)C)[C@H]2O)[C@@H](CC=O)C[C@@H](C)[C@@H](O)/C=C/[C@@]2(C)O[C@H]2[C@H]1C. The average Bonchev–Trinajstić information content (AvgIpc) is 3.63. The first kappa shape index (κ1) is 36.6. The van der Waals surface area contributed by atoms with Crippen molar-refractivity contribution >= 4 is 18.2 Å². The fourth-order valence-electron chi connectivity index (χ4n) is 6.96. The standard InChI is InChI=1S/C33H55NO10/c1-10-26-21(5)31-33(7,44-31)13-11-25(37)18(2)15-23(12-14-35)30(20(4)27(41-22(6)36)17-28(38)42-26)43-32-29(39)24(34(8)9)16-19(3)40-32/h11,13-14,18-21,23-27,29-32,37,39H,10,12,15-17H2,1-9H3/b13-11+/t18-,19-,20-,21+,23+,24-,25+,26-,27-,29-,30-,31+,32+,33-/m1/s1. The molecule has 0 saturated carbocycles. The van der Waals surface area contributed by atoms with Crippen LogP contribution in [-0.4, -0.2) is 108 Å². The number of hydrogen-bond donors (Lipinski definition) is 2. The van der Waals surface area contributed by atoms with E-state index in [4.69, 9.17) is 23.7 Å². The molecule has 0 amide bonds. The number of likely N-dealkylation sites (N-methyl/N-ethyl adjacent to an activating group) is 1. The summed E-state index contributed by atoms with van der Waals surface area (Å²) in [6.07, 6.45) is 0.393. The van der Waals surface area contributed by atoms with Crippen molar-refractivity contribution < 1.29 is 48.3 Å². The van der Waals surface area contributed by atoms with Crippen LogP contribution >= 0.6 is 0 Å². The highest BCUT2D eigenvalue weighted by molar-refractivity contribution is 5.71. The van der Waals surface area contributed by atoms with Gasteiger partial charge in [0.25, 0.3) is 0 Å². The van der Waals surface area contributed by atoms with Crippen molar-refractivity contribution in [2.75, 3.05) is 14.1 Å². The average molecular weight is 626 g/mol. The van der Waals surface area contributed by atoms with Gasteiger partial charge in [0.15, 0.2) is 6.29 Å². The highest BCUT2D eigenvalue weighted by Crippen LogP contribution is 2.45. The van der Waals surface area contributed by atoms with Crippen LogP contribution in [0.15, 0.2) is 12.2 Å². The highest BCUT2D eigenvalue weighted by atomic mass is 16.7. The largest absolute Gasteiger partial charge is 0.462 e. The number of cyclic esters (lactones) is 1. The number of nitrogens with zero attached hydrogens (tertiary/aromatic N) is 1. The number of fused-ring (bicyclic) bond motifs is 1. The zero-order chi connectivity index (χ0) is 32.9. The van der Waals surface area contributed by atoms with E-state index in [9.17, 15) is 24.6 Å². The third-order valence-electron chi connectivity index (χ3n) is 9.74. The zero-order valence-electron chi connectivity index (χ0n) is 27.9. The number of aliphatic hydroxyl groups is 2. The third-order valence-corrected chi connectivity index (χ3v) is 9.74. The van der Waals surface area contributed by atoms with Crippen LogP contribution in [0.5, 0.6) is 0 Å². The Hall–Kier alpha value is -1.89. The van der Waals surface area contributed by atoms with Gasteiger partial charge >= 0.3 is 11.9 Å². The second kappa shape index (κ2) is 15.6. The molecule has 0 aromatic rings. The Morgan fingerprint density at radius 2 is 1.84 bits per heavy atom. The van der Waals surface area contributed by atoms with Crippen LogP contribution < -0.4 is 0 Å². The number of aliphatic hydroxyl groups excluding tert-OH is 2. The molecule has 11 nitrogen and oxygen atoms in total. The molecule has 3 heterocycles. The lowest BCUT2D eigenvalue weighted by molar-refractivity contribution is -0.283. The summed E-state index contributed by atoms with van der Waals surface area (Å²) >= 11 is 0. The molecule has 0 bridgehead atoms. The van der Waals surface area contributed by atoms with E-state index in [1.807, 2.05) is 59.7 Å². The zero-order valence-corrected chi connectivity index (χ0v) is 27.9. The van der Waals surface area contributed by atoms with Gasteiger partial charge < -0.3 is 43.6 Å². The minimum atomic E-state index is -1.03. The number of carbonyl (C=O) groups is 3. The smallest absolute Gasteiger partial charge is 0.309 e. The molecule has 0 unspecified atom stereocenters. The van der Waals surface area contributed by atoms with Gasteiger partial charge in [-0.2, -0.15) is 0 Å². The summed E-state index contributed by atoms with van der Waals surface area (Å²) in [6.45, 7) is 12.7. The van der Waals surface area contributed by atoms with Gasteiger partial charge in [0, 0.05) is 31.2 Å². The third kappa shape index (κ3) is 9.10. The Balaban J connectivity index is 2.04. The summed E-state index contributed by atoms with van der Waals surface area (Å²) in [5.41, 5.74) is -0.603. The van der Waals surface area contributed by atoms with Crippen molar-refractivity contribution in [3.8, 4) is 0 Å². The van der Waals surface area contributed by atoms with E-state index >= 15 is 0 Å². The summed E-state index contributed by atoms with van der Waals surface area (Å²) in [4.78, 5) is 39.6. The minimum Gasteiger partial charge on any atom is -0.462 e. The lowest BCUT2D eigenvalue weighted by Gasteiger charge is -2.44. The van der Waals surface area contributed by atoms with Crippen LogP contribution in [0.1, 0.15) is 80.6 Å². The molecule has 2 fully saturated rings. The molecule has 11 heteroatoms. The van der Waals surface area contributed by atoms with E-state index in [1.165, 1.54) is 6.92 Å². The molecule has 14 atom stereocenters. The topological polar surface area (TPSA) is 144 Å². The predicted molar refractivity (Wildman–Crippen MR) is 162 cm³/mol. The van der Waals surface area contributed by atoms with E-state index < -0.39 is 66.2 Å². The molecule has 2 saturated heterocycles. The number of hydrogen-bond acceptors (Lipinski definition) is 11. The summed E-state index contributed by atoms with van der Waals surface area (Å²) < 4.78 is 30.3. The van der Waals surface area contributed by atoms with Gasteiger partial charge in [-0.05, 0) is 59.0 Å². The number of rotatable bonds is 7. The van der Waals surface area contributed by atoms with E-state index in [0.717, 1.165) is 6.29 Å². The van der Waals surface area contributed by atoms with Crippen LogP contribution in [0, 0.1) is 23.7 Å². The first-order valence-electron chi connectivity index (χ1n) is 16.1. The normalized spacial score (nSPS) is 44.7. The van der Waals surface area contributed by atoms with Gasteiger partial charge in [0.05, 0.1) is 30.8 Å². The molecule has 0 aromatic carbocycles. The summed E-state index contributed by atoms with van der Waals surface area (Å²) in [7, 11) is 3.76. The van der Waals surface area contributed by atoms with Crippen LogP contribution in [0.4, 0.5) is 0 Å². The molecule has 0 aliphatic carbocycles. The van der Waals surface area contributed by atoms with Gasteiger partial charge in [0.1, 0.15) is 30.2 Å². The molecule has 0 spiro atoms. The summed E-state index contributed by atoms with van der Waals surface area (Å²) in [6, 6.07) is -0.234. The fourth-order valence-corrected chi connectivity index (χ4v) is 6.96. The number of ether oxygens (including phenoxy) is 5. The number of esters is 2. The Morgan fingerprint density at radius 1 is 1.16 bits per heavy atom. The van der Waals surface area contributed by atoms with E-state index in [-0.39, 0.29) is 42.9 Å². The molecule has 0 aromatic heterocycles. The highest BCUT2D eigenvalue weighted by Gasteiger charge is 2.55. The van der Waals surface area contributed by atoms with Gasteiger partial charge in [-0.1, -0.05) is 39.8 Å². The lowest BCUT2D eigenvalue weighted by Crippen LogP contribution is -2.56. The maximum Gasteiger partial charge on any atom is 0.309 e. The predicted octanol–water partition coefficient (Wildman–Crippen LogP) is 3.03. The van der Waals surface area contributed by atoms with Crippen molar-refractivity contribution in [3.05, 3.63) is 12.2 Å². The molecular weight excluding hydrogens is 570 g/mol. The molecule has 3 aliphatic rings. The van der Waals surface area contributed by atoms with Crippen LogP contribution in [0.3, 0.4) is 0 Å². The molecule has 44 heavy (non-hydrogen) atoms. The molecule has 2 N–H and O–H groups in total. The molecule has 0 radical (unpaired) electrons. The van der Waals surface area contributed by atoms with E-state index in [0.29, 0.717) is 19.3 Å². The molecule has 252 valence electrons. The van der Waals surface area contributed by atoms with Crippen LogP contribution in [0.25, 0.3) is 0 Å². The minimum absolute atomic E-state index is 0.0841. The van der Waals surface area contributed by atoms with Gasteiger partial charge in [-0.25, -0.2) is 0 Å².